The molecule has 1 amide bonds. The summed E-state index contributed by atoms with van der Waals surface area (Å²) in [4.78, 5) is 22.7. The topological polar surface area (TPSA) is 75.6 Å². The number of carbonyl (C=O) groups is 2. The van der Waals surface area contributed by atoms with Crippen LogP contribution in [0.3, 0.4) is 0 Å². The summed E-state index contributed by atoms with van der Waals surface area (Å²) in [6, 6.07) is -0.00757. The van der Waals surface area contributed by atoms with E-state index in [4.69, 9.17) is 9.84 Å². The first-order valence-electron chi connectivity index (χ1n) is 5.68. The molecule has 1 saturated carbocycles. The Kier molecular flexibility index (Phi) is 2.88. The van der Waals surface area contributed by atoms with E-state index < -0.39 is 11.4 Å². The maximum atomic E-state index is 11.8. The highest BCUT2D eigenvalue weighted by molar-refractivity contribution is 6.04. The van der Waals surface area contributed by atoms with Crippen LogP contribution < -0.4 is 5.32 Å². The van der Waals surface area contributed by atoms with Crippen molar-refractivity contribution in [3.63, 3.8) is 0 Å². The Morgan fingerprint density at radius 1 is 1.50 bits per heavy atom. The molecule has 2 atom stereocenters. The summed E-state index contributed by atoms with van der Waals surface area (Å²) in [6.45, 7) is 3.30. The van der Waals surface area contributed by atoms with Gasteiger partial charge in [0.1, 0.15) is 5.41 Å². The number of amides is 1. The molecular weight excluding hydrogens is 210 g/mol. The molecule has 1 aliphatic carbocycles. The summed E-state index contributed by atoms with van der Waals surface area (Å²) in [5, 5.41) is 11.8. The lowest BCUT2D eigenvalue weighted by Gasteiger charge is -2.21. The number of ether oxygens (including phenoxy) is 1. The highest BCUT2D eigenvalue weighted by Crippen LogP contribution is 2.46. The molecule has 16 heavy (non-hydrogen) atoms. The number of hydrogen-bond donors (Lipinski definition) is 2. The van der Waals surface area contributed by atoms with Gasteiger partial charge in [-0.15, -0.1) is 0 Å². The van der Waals surface area contributed by atoms with Gasteiger partial charge < -0.3 is 15.2 Å². The van der Waals surface area contributed by atoms with E-state index >= 15 is 0 Å². The number of carbonyl (C=O) groups excluding carboxylic acids is 1. The lowest BCUT2D eigenvalue weighted by Crippen LogP contribution is -2.44. The predicted octanol–water partition coefficient (Wildman–Crippen LogP) is 0.392. The lowest BCUT2D eigenvalue weighted by atomic mass is 9.99. The molecule has 2 unspecified atom stereocenters. The molecule has 0 spiro atoms. The minimum Gasteiger partial charge on any atom is -0.480 e. The van der Waals surface area contributed by atoms with Gasteiger partial charge in [-0.05, 0) is 26.2 Å². The molecule has 0 radical (unpaired) electrons. The number of rotatable bonds is 4. The van der Waals surface area contributed by atoms with Gasteiger partial charge in [-0.3, -0.25) is 9.59 Å². The molecule has 0 aromatic carbocycles. The summed E-state index contributed by atoms with van der Waals surface area (Å²) in [5.74, 6) is -1.02. The zero-order valence-corrected chi connectivity index (χ0v) is 9.36. The summed E-state index contributed by atoms with van der Waals surface area (Å²) in [6.07, 6.45) is 1.85. The number of carboxylic acids is 1. The Balaban J connectivity index is 1.89. The minimum absolute atomic E-state index is 0.00757. The standard InChI is InChI=1S/C11H17NO4/c1-7(8-2-5-16-6-8)12-9(13)11(3-4-11)10(14)15/h7-8H,2-6H2,1H3,(H,12,13)(H,14,15). The normalized spacial score (nSPS) is 28.4. The molecule has 90 valence electrons. The van der Waals surface area contributed by atoms with Crippen LogP contribution in [0.1, 0.15) is 26.2 Å². The summed E-state index contributed by atoms with van der Waals surface area (Å²) in [5.41, 5.74) is -1.13. The fourth-order valence-corrected chi connectivity index (χ4v) is 2.07. The fourth-order valence-electron chi connectivity index (χ4n) is 2.07. The van der Waals surface area contributed by atoms with Crippen molar-refractivity contribution in [1.82, 2.24) is 5.32 Å². The number of carboxylic acid groups (broad SMARTS) is 1. The van der Waals surface area contributed by atoms with Gasteiger partial charge in [0.15, 0.2) is 0 Å². The maximum Gasteiger partial charge on any atom is 0.319 e. The molecule has 2 fully saturated rings. The molecule has 1 heterocycles. The van der Waals surface area contributed by atoms with Crippen LogP contribution in [0.4, 0.5) is 0 Å². The Bertz CT molecular complexity index is 305. The Labute approximate surface area is 94.2 Å². The smallest absolute Gasteiger partial charge is 0.319 e. The van der Waals surface area contributed by atoms with E-state index in [2.05, 4.69) is 5.32 Å². The van der Waals surface area contributed by atoms with Crippen molar-refractivity contribution in [2.24, 2.45) is 11.3 Å². The third-order valence-corrected chi connectivity index (χ3v) is 3.62. The van der Waals surface area contributed by atoms with Crippen LogP contribution in [0.15, 0.2) is 0 Å². The minimum atomic E-state index is -1.13. The summed E-state index contributed by atoms with van der Waals surface area (Å²) < 4.78 is 5.24. The van der Waals surface area contributed by atoms with Gasteiger partial charge in [-0.1, -0.05) is 0 Å². The van der Waals surface area contributed by atoms with Gasteiger partial charge >= 0.3 is 5.97 Å². The van der Waals surface area contributed by atoms with Crippen molar-refractivity contribution >= 4 is 11.9 Å². The molecule has 2 N–H and O–H groups in total. The monoisotopic (exact) mass is 227 g/mol. The molecule has 2 aliphatic rings. The van der Waals surface area contributed by atoms with E-state index in [9.17, 15) is 9.59 Å². The largest absolute Gasteiger partial charge is 0.480 e. The molecule has 5 heteroatoms. The zero-order valence-electron chi connectivity index (χ0n) is 9.36. The van der Waals surface area contributed by atoms with Gasteiger partial charge in [-0.2, -0.15) is 0 Å². The molecule has 1 aliphatic heterocycles. The Morgan fingerprint density at radius 3 is 2.62 bits per heavy atom. The van der Waals surface area contributed by atoms with Gasteiger partial charge in [0, 0.05) is 18.6 Å². The van der Waals surface area contributed by atoms with Crippen molar-refractivity contribution in [2.45, 2.75) is 32.2 Å². The molecule has 1 saturated heterocycles. The SMILES string of the molecule is CC(NC(=O)C1(C(=O)O)CC1)C1CCOC1. The third kappa shape index (κ3) is 1.91. The molecule has 5 nitrogen and oxygen atoms in total. The van der Waals surface area contributed by atoms with E-state index in [0.29, 0.717) is 25.4 Å². The van der Waals surface area contributed by atoms with E-state index in [-0.39, 0.29) is 11.9 Å². The quantitative estimate of drug-likeness (QED) is 0.681. The number of nitrogens with one attached hydrogen (secondary N) is 1. The first kappa shape index (κ1) is 11.4. The molecular formula is C11H17NO4. The van der Waals surface area contributed by atoms with Crippen molar-refractivity contribution < 1.29 is 19.4 Å². The van der Waals surface area contributed by atoms with Crippen LogP contribution in [0.25, 0.3) is 0 Å². The second-order valence-corrected chi connectivity index (χ2v) is 4.77. The van der Waals surface area contributed by atoms with Gasteiger partial charge in [0.25, 0.3) is 0 Å². The zero-order chi connectivity index (χ0) is 11.8. The van der Waals surface area contributed by atoms with Crippen LogP contribution in [0.5, 0.6) is 0 Å². The van der Waals surface area contributed by atoms with Gasteiger partial charge in [0.2, 0.25) is 5.91 Å². The molecule has 0 aromatic heterocycles. The van der Waals surface area contributed by atoms with Crippen molar-refractivity contribution in [1.29, 1.82) is 0 Å². The van der Waals surface area contributed by atoms with E-state index in [1.807, 2.05) is 6.92 Å². The fraction of sp³-hybridized carbons (Fsp3) is 0.818. The van der Waals surface area contributed by atoms with Gasteiger partial charge in [-0.25, -0.2) is 0 Å². The van der Waals surface area contributed by atoms with Crippen LogP contribution in [-0.2, 0) is 14.3 Å². The van der Waals surface area contributed by atoms with E-state index in [1.54, 1.807) is 0 Å². The second-order valence-electron chi connectivity index (χ2n) is 4.77. The molecule has 0 bridgehead atoms. The highest BCUT2D eigenvalue weighted by Gasteiger charge is 2.57. The van der Waals surface area contributed by atoms with Gasteiger partial charge in [0.05, 0.1) is 6.61 Å². The van der Waals surface area contributed by atoms with Crippen molar-refractivity contribution in [3.05, 3.63) is 0 Å². The van der Waals surface area contributed by atoms with E-state index in [1.165, 1.54) is 0 Å². The lowest BCUT2D eigenvalue weighted by molar-refractivity contribution is -0.149. The predicted molar refractivity (Wildman–Crippen MR) is 55.8 cm³/mol. The summed E-state index contributed by atoms with van der Waals surface area (Å²) >= 11 is 0. The first-order chi connectivity index (χ1) is 7.56. The second kappa shape index (κ2) is 4.05. The first-order valence-corrected chi connectivity index (χ1v) is 5.68. The van der Waals surface area contributed by atoms with E-state index in [0.717, 1.165) is 13.0 Å². The van der Waals surface area contributed by atoms with Crippen LogP contribution in [-0.4, -0.2) is 36.2 Å². The van der Waals surface area contributed by atoms with Crippen LogP contribution in [0.2, 0.25) is 0 Å². The third-order valence-electron chi connectivity index (χ3n) is 3.62. The maximum absolute atomic E-state index is 11.8. The van der Waals surface area contributed by atoms with Crippen LogP contribution in [0, 0.1) is 11.3 Å². The molecule has 2 rings (SSSR count). The Hall–Kier alpha value is -1.10. The number of aliphatic carboxylic acids is 1. The average molecular weight is 227 g/mol. The average Bonchev–Trinajstić information content (AvgIpc) is 2.87. The summed E-state index contributed by atoms with van der Waals surface area (Å²) in [7, 11) is 0. The van der Waals surface area contributed by atoms with Crippen molar-refractivity contribution in [2.75, 3.05) is 13.2 Å². The molecule has 0 aromatic rings. The highest BCUT2D eigenvalue weighted by atomic mass is 16.5. The number of hydrogen-bond acceptors (Lipinski definition) is 3. The Morgan fingerprint density at radius 2 is 2.19 bits per heavy atom. The van der Waals surface area contributed by atoms with Crippen LogP contribution >= 0.6 is 0 Å². The van der Waals surface area contributed by atoms with Crippen molar-refractivity contribution in [3.8, 4) is 0 Å².